The zero-order valence-electron chi connectivity index (χ0n) is 31.3. The van der Waals surface area contributed by atoms with Gasteiger partial charge < -0.3 is 8.23 Å². The second-order valence-electron chi connectivity index (χ2n) is 13.4. The zero-order chi connectivity index (χ0) is 62.5. The molecule has 75 heavy (non-hydrogen) atoms. The lowest BCUT2D eigenvalue weighted by Crippen LogP contribution is -2.93. The van der Waals surface area contributed by atoms with E-state index in [1.807, 2.05) is 0 Å². The van der Waals surface area contributed by atoms with Crippen LogP contribution in [-0.4, -0.2) is 149 Å². The van der Waals surface area contributed by atoms with E-state index in [4.69, 9.17) is 0 Å². The fourth-order valence-electron chi connectivity index (χ4n) is 4.70. The maximum Gasteiger partial charge on any atom is 0.459 e. The van der Waals surface area contributed by atoms with Crippen molar-refractivity contribution in [3.8, 4) is 0 Å². The molecule has 0 aliphatic heterocycles. The Labute approximate surface area is 374 Å². The number of halogens is 49. The van der Waals surface area contributed by atoms with Gasteiger partial charge in [0.05, 0.1) is 0 Å². The highest BCUT2D eigenvalue weighted by Gasteiger charge is 3.08. The molecule has 0 saturated heterocycles. The molecule has 0 fully saturated rings. The van der Waals surface area contributed by atoms with Crippen LogP contribution >= 0.6 is 0 Å². The van der Waals surface area contributed by atoms with E-state index in [9.17, 15) is 154 Å². The topological polar surface area (TPSA) is 18.5 Å². The van der Waals surface area contributed by atoms with Crippen molar-refractivity contribution in [2.24, 2.45) is 0 Å². The van der Waals surface area contributed by atoms with Crippen molar-refractivity contribution >= 4 is 25.9 Å². The average Bonchev–Trinajstić information content (AvgIpc) is 3.10. The van der Waals surface area contributed by atoms with Crippen molar-refractivity contribution in [1.82, 2.24) is 0 Å². The summed E-state index contributed by atoms with van der Waals surface area (Å²) < 4.78 is 696. The average molecular weight is 1300 g/mol. The molecule has 0 aromatic carbocycles. The molecule has 0 aromatic rings. The maximum atomic E-state index is 15.5. The van der Waals surface area contributed by atoms with Crippen LogP contribution in [0.25, 0.3) is 0 Å². The summed E-state index contributed by atoms with van der Waals surface area (Å²) in [6.07, 6.45) is -69.3. The van der Waals surface area contributed by atoms with Crippen LogP contribution in [0.3, 0.4) is 0 Å². The molecule has 0 unspecified atom stereocenters. The molecule has 451 valence electrons. The third-order valence-corrected chi connectivity index (χ3v) is 20.6. The molecule has 1 radical (unpaired) electrons. The molecule has 0 N–H and O–H groups in total. The van der Waals surface area contributed by atoms with Gasteiger partial charge in [-0.15, -0.1) is 0 Å². The first-order chi connectivity index (χ1) is 31.3. The molecule has 54 heteroatoms. The van der Waals surface area contributed by atoms with Gasteiger partial charge in [-0.1, -0.05) is 0 Å². The van der Waals surface area contributed by atoms with Crippen LogP contribution in [0.4, 0.5) is 215 Å². The Hall–Kier alpha value is -2.86. The molecule has 0 amide bonds. The highest BCUT2D eigenvalue weighted by molar-refractivity contribution is 6.90. The second-order valence-corrected chi connectivity index (χ2v) is 22.7. The van der Waals surface area contributed by atoms with Gasteiger partial charge in [-0.2, -0.15) is 162 Å². The smallest absolute Gasteiger partial charge is 0.419 e. The summed E-state index contributed by atoms with van der Waals surface area (Å²) in [5.41, 5.74) is -81.0. The van der Waals surface area contributed by atoms with E-state index in [-0.39, 0.29) is 0 Å². The predicted octanol–water partition coefficient (Wildman–Crippen LogP) is 15.0. The van der Waals surface area contributed by atoms with Gasteiger partial charge in [0.25, 0.3) is 0 Å². The number of hydrogen-bond acceptors (Lipinski definition) is 2. The largest absolute Gasteiger partial charge is 0.459 e. The van der Waals surface area contributed by atoms with E-state index in [0.29, 0.717) is 8.23 Å². The summed E-state index contributed by atoms with van der Waals surface area (Å²) in [5, 5.41) is 0. The summed E-state index contributed by atoms with van der Waals surface area (Å²) in [6.45, 7) is 0. The van der Waals surface area contributed by atoms with Gasteiger partial charge in [0.1, 0.15) is 0 Å². The third-order valence-electron chi connectivity index (χ3n) is 8.65. The van der Waals surface area contributed by atoms with Crippen LogP contribution in [0.2, 0.25) is 0 Å². The Bertz CT molecular complexity index is 1700. The highest BCUT2D eigenvalue weighted by Crippen LogP contribution is 2.71. The Morgan fingerprint density at radius 1 is 0.173 bits per heavy atom. The van der Waals surface area contributed by atoms with Gasteiger partial charge in [-0.05, 0) is 0 Å². The summed E-state index contributed by atoms with van der Waals surface area (Å²) in [7, 11) is -42.7. The lowest BCUT2D eigenvalue weighted by molar-refractivity contribution is -0.376. The van der Waals surface area contributed by atoms with E-state index in [0.717, 1.165) is 0 Å². The van der Waals surface area contributed by atoms with Crippen molar-refractivity contribution in [2.45, 2.75) is 124 Å². The Balaban J connectivity index is 11.8. The van der Waals surface area contributed by atoms with Gasteiger partial charge in [-0.25, -0.2) is 52.7 Å². The summed E-state index contributed by atoms with van der Waals surface area (Å²) >= 11 is 0. The van der Waals surface area contributed by atoms with Crippen LogP contribution in [0.15, 0.2) is 0 Å². The lowest BCUT2D eigenvalue weighted by atomic mass is 10.3. The molecule has 0 aliphatic rings. The van der Waals surface area contributed by atoms with Crippen LogP contribution in [-0.2, 0) is 8.23 Å². The normalized spacial score (nSPS) is 17.4. The summed E-state index contributed by atoms with van der Waals surface area (Å²) in [6, 6.07) is 0. The fourth-order valence-corrected chi connectivity index (χ4v) is 17.8. The molecule has 0 heterocycles. The SMILES string of the molecule is FC(F)(F)C(F)(F)C(F)(F)[Si](O[Si](C(F)(F)C(F)(F)C(F)(F)F)(C(F)(F)C(F)(F)C(F)(F)F)C(F)(F)C(F)(F)C(F)(F)F)O[Si](C(F)(F)C(F)(F)C(F)(F)F)(C(F)(F)C(F)(F)C(F)(F)F)C(F)(F)C(F)(F)C(F)(F)F. The number of hydrogen-bond donors (Lipinski definition) is 0. The van der Waals surface area contributed by atoms with Crippen molar-refractivity contribution < 1.29 is 223 Å². The minimum absolute atomic E-state index is 0.414. The molecule has 0 bridgehead atoms. The van der Waals surface area contributed by atoms with Gasteiger partial charge in [0.15, 0.2) is 0 Å². The number of alkyl halides is 49. The zero-order valence-corrected chi connectivity index (χ0v) is 34.3. The molecule has 0 aromatic heterocycles. The summed E-state index contributed by atoms with van der Waals surface area (Å²) in [4.78, 5) is 0. The Morgan fingerprint density at radius 2 is 0.280 bits per heavy atom. The molecule has 2 nitrogen and oxygen atoms in total. The quantitative estimate of drug-likeness (QED) is 0.101. The van der Waals surface area contributed by atoms with Gasteiger partial charge in [0, 0.05) is 0 Å². The highest BCUT2D eigenvalue weighted by atomic mass is 28.4. The first-order valence-electron chi connectivity index (χ1n) is 15.3. The van der Waals surface area contributed by atoms with Crippen molar-refractivity contribution in [3.05, 3.63) is 0 Å². The molecule has 0 rings (SSSR count). The van der Waals surface area contributed by atoms with Crippen molar-refractivity contribution in [3.63, 3.8) is 0 Å². The minimum atomic E-state index is -15.2. The minimum Gasteiger partial charge on any atom is -0.419 e. The molecular weight excluding hydrogens is 1300 g/mol. The Kier molecular flexibility index (Phi) is 17.1. The van der Waals surface area contributed by atoms with Crippen LogP contribution in [0, 0.1) is 0 Å². The fraction of sp³-hybridized carbons (Fsp3) is 1.00. The third kappa shape index (κ3) is 9.12. The molecule has 0 saturated carbocycles. The Morgan fingerprint density at radius 3 is 0.373 bits per heavy atom. The van der Waals surface area contributed by atoms with Gasteiger partial charge in [0.2, 0.25) is 0 Å². The molecule has 0 spiro atoms. The van der Waals surface area contributed by atoms with Crippen LogP contribution < -0.4 is 0 Å². The van der Waals surface area contributed by atoms with Gasteiger partial charge >= 0.3 is 149 Å². The lowest BCUT2D eigenvalue weighted by Gasteiger charge is -2.54. The van der Waals surface area contributed by atoms with Crippen LogP contribution in [0.5, 0.6) is 0 Å². The second kappa shape index (κ2) is 17.8. The first-order valence-corrected chi connectivity index (χ1v) is 20.5. The number of rotatable bonds is 18. The monoisotopic (exact) mass is 1300 g/mol. The van der Waals surface area contributed by atoms with E-state index < -0.39 is 149 Å². The molecular formula is C21F49O2Si3. The van der Waals surface area contributed by atoms with Crippen molar-refractivity contribution in [1.29, 1.82) is 0 Å². The first kappa shape index (κ1) is 72.1. The van der Waals surface area contributed by atoms with Crippen molar-refractivity contribution in [2.75, 3.05) is 0 Å². The van der Waals surface area contributed by atoms with E-state index >= 15 is 61.5 Å². The van der Waals surface area contributed by atoms with E-state index in [1.54, 1.807) is 0 Å². The van der Waals surface area contributed by atoms with Crippen LogP contribution in [0.1, 0.15) is 0 Å². The maximum absolute atomic E-state index is 15.5. The van der Waals surface area contributed by atoms with E-state index in [1.165, 1.54) is 0 Å². The standard InChI is InChI=1S/C21F49O2Si3/c22-1(23,8(36,37)38)15(57,58)73(71-74(16(59,60)2(24,25)9(39,40)41,17(61,62)3(26,27)10(42,43)44)18(63,64)4(28,29)11(45,46)47)72-75(19(65,66)5(30,31)12(48,49)50,20(67,68)6(32,33)13(51,52)53)21(69,70)7(34,35)14(54,55)56. The predicted molar refractivity (Wildman–Crippen MR) is 131 cm³/mol. The summed E-state index contributed by atoms with van der Waals surface area (Å²) in [5.74, 6) is -75.2. The van der Waals surface area contributed by atoms with E-state index in [2.05, 4.69) is 0 Å². The molecule has 0 aliphatic carbocycles. The van der Waals surface area contributed by atoms with Gasteiger partial charge in [-0.3, -0.25) is 0 Å². The molecule has 0 atom stereocenters.